The second-order valence-corrected chi connectivity index (χ2v) is 7.24. The first-order valence-corrected chi connectivity index (χ1v) is 9.83. The molecule has 1 heterocycles. The van der Waals surface area contributed by atoms with Crippen molar-refractivity contribution in [3.63, 3.8) is 0 Å². The van der Waals surface area contributed by atoms with Crippen molar-refractivity contribution in [2.75, 3.05) is 51.2 Å². The Balaban J connectivity index is 1.34. The van der Waals surface area contributed by atoms with Crippen LogP contribution in [0.4, 0.5) is 10.1 Å². The quantitative estimate of drug-likeness (QED) is 0.686. The zero-order valence-electron chi connectivity index (χ0n) is 16.6. The number of aliphatic hydroxyl groups excluding tert-OH is 1. The minimum Gasteiger partial charge on any atom is -0.491 e. The highest BCUT2D eigenvalue weighted by molar-refractivity contribution is 5.92. The first-order valence-electron chi connectivity index (χ1n) is 9.83. The number of nitrogens with zero attached hydrogens (tertiary/aromatic N) is 3. The topological polar surface area (TPSA) is 88.8 Å². The fraction of sp³-hybridized carbons (Fsp3) is 0.364. The monoisotopic (exact) mass is 412 g/mol. The van der Waals surface area contributed by atoms with E-state index in [1.54, 1.807) is 36.4 Å². The third kappa shape index (κ3) is 6.81. The number of carbonyl (C=O) groups is 1. The summed E-state index contributed by atoms with van der Waals surface area (Å²) in [6.07, 6.45) is -0.636. The van der Waals surface area contributed by atoms with Gasteiger partial charge >= 0.3 is 0 Å². The van der Waals surface area contributed by atoms with E-state index in [0.29, 0.717) is 36.6 Å². The summed E-state index contributed by atoms with van der Waals surface area (Å²) in [5, 5.41) is 21.7. The van der Waals surface area contributed by atoms with Crippen molar-refractivity contribution >= 4 is 11.6 Å². The highest BCUT2D eigenvalue weighted by Gasteiger charge is 2.21. The molecular formula is C22H25FN4O3. The SMILES string of the molecule is N#Cc1ccc(OC[C@@H](O)CN2CCN(CC(=O)Nc3cccc(F)c3)CC2)cc1. The van der Waals surface area contributed by atoms with Gasteiger partial charge in [0.25, 0.3) is 0 Å². The molecule has 2 N–H and O–H groups in total. The van der Waals surface area contributed by atoms with Crippen LogP contribution in [0.15, 0.2) is 48.5 Å². The van der Waals surface area contributed by atoms with Crippen LogP contribution in [0.5, 0.6) is 5.75 Å². The molecule has 1 saturated heterocycles. The zero-order valence-corrected chi connectivity index (χ0v) is 16.6. The first-order chi connectivity index (χ1) is 14.5. The number of halogens is 1. The van der Waals surface area contributed by atoms with Crippen LogP contribution in [0.3, 0.4) is 0 Å². The van der Waals surface area contributed by atoms with E-state index < -0.39 is 6.10 Å². The van der Waals surface area contributed by atoms with Gasteiger partial charge in [0.05, 0.1) is 18.2 Å². The maximum absolute atomic E-state index is 13.2. The van der Waals surface area contributed by atoms with Crippen molar-refractivity contribution in [1.29, 1.82) is 5.26 Å². The largest absolute Gasteiger partial charge is 0.491 e. The van der Waals surface area contributed by atoms with Crippen LogP contribution in [-0.2, 0) is 4.79 Å². The van der Waals surface area contributed by atoms with Crippen molar-refractivity contribution in [3.8, 4) is 11.8 Å². The number of benzene rings is 2. The van der Waals surface area contributed by atoms with E-state index in [2.05, 4.69) is 10.2 Å². The Labute approximate surface area is 175 Å². The van der Waals surface area contributed by atoms with Crippen LogP contribution in [-0.4, -0.2) is 72.8 Å². The molecule has 8 heteroatoms. The van der Waals surface area contributed by atoms with Gasteiger partial charge in [-0.25, -0.2) is 4.39 Å². The van der Waals surface area contributed by atoms with Crippen LogP contribution < -0.4 is 10.1 Å². The van der Waals surface area contributed by atoms with E-state index in [-0.39, 0.29) is 24.9 Å². The number of nitriles is 1. The Morgan fingerprint density at radius 1 is 1.17 bits per heavy atom. The summed E-state index contributed by atoms with van der Waals surface area (Å²) in [6, 6.07) is 14.6. The number of piperazine rings is 1. The van der Waals surface area contributed by atoms with Gasteiger partial charge in [0.15, 0.2) is 0 Å². The average molecular weight is 412 g/mol. The molecule has 30 heavy (non-hydrogen) atoms. The molecule has 1 atom stereocenters. The van der Waals surface area contributed by atoms with E-state index in [0.717, 1.165) is 13.1 Å². The lowest BCUT2D eigenvalue weighted by Crippen LogP contribution is -2.50. The summed E-state index contributed by atoms with van der Waals surface area (Å²) >= 11 is 0. The van der Waals surface area contributed by atoms with Crippen molar-refractivity contribution in [2.45, 2.75) is 6.10 Å². The molecule has 0 aliphatic carbocycles. The van der Waals surface area contributed by atoms with Crippen molar-refractivity contribution in [3.05, 3.63) is 59.9 Å². The maximum atomic E-state index is 13.2. The predicted molar refractivity (Wildman–Crippen MR) is 111 cm³/mol. The molecule has 1 aliphatic rings. The summed E-state index contributed by atoms with van der Waals surface area (Å²) in [5.74, 6) is 0.0511. The molecule has 1 amide bonds. The van der Waals surface area contributed by atoms with Gasteiger partial charge in [-0.1, -0.05) is 6.07 Å². The molecule has 158 valence electrons. The molecule has 0 unspecified atom stereocenters. The van der Waals surface area contributed by atoms with Crippen LogP contribution >= 0.6 is 0 Å². The van der Waals surface area contributed by atoms with E-state index in [4.69, 9.17) is 10.00 Å². The summed E-state index contributed by atoms with van der Waals surface area (Å²) in [4.78, 5) is 16.3. The molecule has 0 spiro atoms. The molecular weight excluding hydrogens is 387 g/mol. The van der Waals surface area contributed by atoms with Crippen molar-refractivity contribution in [1.82, 2.24) is 9.80 Å². The Kier molecular flexibility index (Phi) is 7.74. The number of aliphatic hydroxyl groups is 1. The third-order valence-electron chi connectivity index (χ3n) is 4.84. The molecule has 3 rings (SSSR count). The number of ether oxygens (including phenoxy) is 1. The maximum Gasteiger partial charge on any atom is 0.238 e. The Hall–Kier alpha value is -2.99. The lowest BCUT2D eigenvalue weighted by Gasteiger charge is -2.35. The molecule has 0 saturated carbocycles. The molecule has 2 aromatic rings. The summed E-state index contributed by atoms with van der Waals surface area (Å²) in [5.41, 5.74) is 1.01. The van der Waals surface area contributed by atoms with Crippen molar-refractivity contribution in [2.24, 2.45) is 0 Å². The second kappa shape index (κ2) is 10.7. The van der Waals surface area contributed by atoms with Gasteiger partial charge in [0.2, 0.25) is 5.91 Å². The van der Waals surface area contributed by atoms with Gasteiger partial charge in [-0.15, -0.1) is 0 Å². The van der Waals surface area contributed by atoms with Gasteiger partial charge in [0.1, 0.15) is 24.3 Å². The third-order valence-corrected chi connectivity index (χ3v) is 4.84. The number of hydrogen-bond acceptors (Lipinski definition) is 6. The average Bonchev–Trinajstić information content (AvgIpc) is 2.74. The molecule has 1 aliphatic heterocycles. The smallest absolute Gasteiger partial charge is 0.238 e. The Morgan fingerprint density at radius 2 is 1.87 bits per heavy atom. The summed E-state index contributed by atoms with van der Waals surface area (Å²) in [6.45, 7) is 3.79. The predicted octanol–water partition coefficient (Wildman–Crippen LogP) is 1.69. The summed E-state index contributed by atoms with van der Waals surface area (Å²) < 4.78 is 18.8. The van der Waals surface area contributed by atoms with E-state index >= 15 is 0 Å². The van der Waals surface area contributed by atoms with Crippen LogP contribution in [0.25, 0.3) is 0 Å². The second-order valence-electron chi connectivity index (χ2n) is 7.24. The van der Waals surface area contributed by atoms with Gasteiger partial charge < -0.3 is 15.2 Å². The standard InChI is InChI=1S/C22H25FN4O3/c23-18-2-1-3-19(12-18)25-22(29)15-27-10-8-26(9-11-27)14-20(28)16-30-21-6-4-17(13-24)5-7-21/h1-7,12,20,28H,8-11,14-16H2,(H,25,29)/t20-/m0/s1. The first kappa shape index (κ1) is 21.7. The number of β-amino-alcohol motifs (C(OH)–C–C–N with tert-alkyl or cyclic N) is 1. The van der Waals surface area contributed by atoms with Crippen molar-refractivity contribution < 1.29 is 19.0 Å². The molecule has 2 aromatic carbocycles. The van der Waals surface area contributed by atoms with Crippen LogP contribution in [0.1, 0.15) is 5.56 Å². The normalized spacial score (nSPS) is 15.9. The van der Waals surface area contributed by atoms with Gasteiger partial charge in [-0.2, -0.15) is 5.26 Å². The fourth-order valence-electron chi connectivity index (χ4n) is 3.27. The van der Waals surface area contributed by atoms with Gasteiger partial charge in [-0.3, -0.25) is 14.6 Å². The lowest BCUT2D eigenvalue weighted by molar-refractivity contribution is -0.117. The number of carbonyl (C=O) groups excluding carboxylic acids is 1. The number of anilines is 1. The minimum absolute atomic E-state index is 0.169. The minimum atomic E-state index is -0.636. The number of rotatable bonds is 8. The van der Waals surface area contributed by atoms with E-state index in [9.17, 15) is 14.3 Å². The Bertz CT molecular complexity index is 877. The van der Waals surface area contributed by atoms with Crippen LogP contribution in [0.2, 0.25) is 0 Å². The highest BCUT2D eigenvalue weighted by atomic mass is 19.1. The Morgan fingerprint density at radius 3 is 2.53 bits per heavy atom. The number of amides is 1. The van der Waals surface area contributed by atoms with E-state index in [1.807, 2.05) is 11.0 Å². The van der Waals surface area contributed by atoms with Gasteiger partial charge in [0, 0.05) is 38.4 Å². The lowest BCUT2D eigenvalue weighted by atomic mass is 10.2. The zero-order chi connectivity index (χ0) is 21.3. The summed E-state index contributed by atoms with van der Waals surface area (Å²) in [7, 11) is 0. The van der Waals surface area contributed by atoms with Crippen LogP contribution in [0, 0.1) is 17.1 Å². The van der Waals surface area contributed by atoms with E-state index in [1.165, 1.54) is 12.1 Å². The molecule has 0 radical (unpaired) electrons. The fourth-order valence-corrected chi connectivity index (χ4v) is 3.27. The molecule has 7 nitrogen and oxygen atoms in total. The molecule has 1 fully saturated rings. The number of nitrogens with one attached hydrogen (secondary N) is 1. The molecule has 0 aromatic heterocycles. The molecule has 0 bridgehead atoms. The highest BCUT2D eigenvalue weighted by Crippen LogP contribution is 2.13. The number of hydrogen-bond donors (Lipinski definition) is 2. The van der Waals surface area contributed by atoms with Gasteiger partial charge in [-0.05, 0) is 42.5 Å².